The van der Waals surface area contributed by atoms with Gasteiger partial charge < -0.3 is 5.32 Å². The van der Waals surface area contributed by atoms with Crippen molar-refractivity contribution in [2.24, 2.45) is 0 Å². The molecule has 8 heteroatoms. The first kappa shape index (κ1) is 19.9. The summed E-state index contributed by atoms with van der Waals surface area (Å²) >= 11 is 0. The number of halogens is 4. The Morgan fingerprint density at radius 2 is 1.86 bits per heavy atom. The fourth-order valence-corrected chi connectivity index (χ4v) is 3.71. The molecule has 4 nitrogen and oxygen atoms in total. The average molecular weight is 360 g/mol. The number of nitrogens with zero attached hydrogens (tertiary/aromatic N) is 1. The van der Waals surface area contributed by atoms with Crippen LogP contribution in [0, 0.1) is 0 Å². The lowest BCUT2D eigenvalue weighted by Gasteiger charge is -2.23. The van der Waals surface area contributed by atoms with Crippen molar-refractivity contribution in [1.82, 2.24) is 15.5 Å². The normalized spacial score (nSPS) is 31.5. The number of carbonyl (C=O) groups excluding carboxylic acids is 1. The van der Waals surface area contributed by atoms with Crippen molar-refractivity contribution in [3.8, 4) is 0 Å². The van der Waals surface area contributed by atoms with Gasteiger partial charge in [-0.15, -0.1) is 24.8 Å². The van der Waals surface area contributed by atoms with E-state index >= 15 is 0 Å². The van der Waals surface area contributed by atoms with Gasteiger partial charge in [0, 0.05) is 31.6 Å². The van der Waals surface area contributed by atoms with Crippen molar-refractivity contribution >= 4 is 30.7 Å². The maximum absolute atomic E-state index is 13.1. The maximum atomic E-state index is 13.1. The number of carbonyl (C=O) groups is 1. The monoisotopic (exact) mass is 359 g/mol. The van der Waals surface area contributed by atoms with Gasteiger partial charge in [-0.3, -0.25) is 15.0 Å². The van der Waals surface area contributed by atoms with E-state index in [0.29, 0.717) is 6.04 Å². The number of nitrogens with one attached hydrogen (secondary N) is 2. The second kappa shape index (κ2) is 8.08. The molecule has 0 bridgehead atoms. The van der Waals surface area contributed by atoms with E-state index in [0.717, 1.165) is 19.5 Å². The predicted molar refractivity (Wildman–Crippen MR) is 86.2 cm³/mol. The molecule has 3 rings (SSSR count). The van der Waals surface area contributed by atoms with Crippen LogP contribution in [-0.4, -0.2) is 54.5 Å². The predicted octanol–water partition coefficient (Wildman–Crippen LogP) is 1.96. The van der Waals surface area contributed by atoms with Gasteiger partial charge >= 0.3 is 0 Å². The number of rotatable bonds is 3. The van der Waals surface area contributed by atoms with Crippen LogP contribution in [0.4, 0.5) is 8.78 Å². The maximum Gasteiger partial charge on any atom is 0.262 e. The van der Waals surface area contributed by atoms with E-state index in [1.54, 1.807) is 0 Å². The van der Waals surface area contributed by atoms with E-state index < -0.39 is 12.0 Å². The topological polar surface area (TPSA) is 44.4 Å². The van der Waals surface area contributed by atoms with E-state index in [2.05, 4.69) is 15.5 Å². The van der Waals surface area contributed by atoms with Crippen molar-refractivity contribution in [2.75, 3.05) is 19.6 Å². The Kier molecular flexibility index (Phi) is 7.30. The summed E-state index contributed by atoms with van der Waals surface area (Å²) in [5, 5.41) is 5.55. The summed E-state index contributed by atoms with van der Waals surface area (Å²) in [5.74, 6) is -3.01. The van der Waals surface area contributed by atoms with Gasteiger partial charge in [0.2, 0.25) is 5.91 Å². The Morgan fingerprint density at radius 1 is 1.18 bits per heavy atom. The van der Waals surface area contributed by atoms with Crippen molar-refractivity contribution in [2.45, 2.75) is 62.6 Å². The van der Waals surface area contributed by atoms with Gasteiger partial charge in [0.05, 0.1) is 12.6 Å². The number of hydrogen-bond acceptors (Lipinski definition) is 3. The van der Waals surface area contributed by atoms with Gasteiger partial charge in [0.25, 0.3) is 5.92 Å². The summed E-state index contributed by atoms with van der Waals surface area (Å²) in [4.78, 5) is 14.4. The van der Waals surface area contributed by atoms with Crippen molar-refractivity contribution < 1.29 is 13.6 Å². The van der Waals surface area contributed by atoms with E-state index in [9.17, 15) is 13.6 Å². The summed E-state index contributed by atoms with van der Waals surface area (Å²) in [6.45, 7) is 1.51. The highest BCUT2D eigenvalue weighted by molar-refractivity contribution is 5.85. The largest absolute Gasteiger partial charge is 0.351 e. The third-order valence-electron chi connectivity index (χ3n) is 4.83. The van der Waals surface area contributed by atoms with Gasteiger partial charge in [-0.05, 0) is 19.3 Å². The minimum atomic E-state index is -2.74. The van der Waals surface area contributed by atoms with E-state index in [1.165, 1.54) is 25.7 Å². The first-order valence-electron chi connectivity index (χ1n) is 7.69. The van der Waals surface area contributed by atoms with Crippen LogP contribution >= 0.6 is 24.8 Å². The standard InChI is InChI=1S/C14H23F2N3O.2ClH/c15-14(16)7-12(17-9-14)13(20)18-10-5-6-19(8-10)11-3-1-2-4-11;;/h10-12,17H,1-9H2,(H,18,20);2*1H. The zero-order valence-electron chi connectivity index (χ0n) is 12.5. The van der Waals surface area contributed by atoms with Crippen LogP contribution in [0.2, 0.25) is 0 Å². The Morgan fingerprint density at radius 3 is 2.45 bits per heavy atom. The molecule has 0 aromatic rings. The van der Waals surface area contributed by atoms with Crippen LogP contribution in [0.1, 0.15) is 38.5 Å². The summed E-state index contributed by atoms with van der Waals surface area (Å²) in [7, 11) is 0. The van der Waals surface area contributed by atoms with Gasteiger partial charge in [0.15, 0.2) is 0 Å². The van der Waals surface area contributed by atoms with E-state index in [4.69, 9.17) is 0 Å². The molecule has 0 aromatic carbocycles. The van der Waals surface area contributed by atoms with Gasteiger partial charge in [-0.1, -0.05) is 12.8 Å². The number of amides is 1. The van der Waals surface area contributed by atoms with Crippen LogP contribution in [0.15, 0.2) is 0 Å². The smallest absolute Gasteiger partial charge is 0.262 e. The van der Waals surface area contributed by atoms with Gasteiger partial charge in [-0.25, -0.2) is 8.78 Å². The summed E-state index contributed by atoms with van der Waals surface area (Å²) in [6.07, 6.45) is 5.69. The molecule has 3 aliphatic rings. The molecule has 130 valence electrons. The van der Waals surface area contributed by atoms with E-state index in [1.807, 2.05) is 0 Å². The molecule has 1 saturated carbocycles. The van der Waals surface area contributed by atoms with Crippen LogP contribution in [0.5, 0.6) is 0 Å². The van der Waals surface area contributed by atoms with Crippen molar-refractivity contribution in [1.29, 1.82) is 0 Å². The molecule has 3 fully saturated rings. The molecule has 0 aromatic heterocycles. The molecule has 1 aliphatic carbocycles. The highest BCUT2D eigenvalue weighted by Crippen LogP contribution is 2.27. The SMILES string of the molecule is Cl.Cl.O=C(NC1CCN(C2CCCC2)C1)C1CC(F)(F)CN1. The van der Waals surface area contributed by atoms with Crippen molar-refractivity contribution in [3.63, 3.8) is 0 Å². The van der Waals surface area contributed by atoms with Gasteiger partial charge in [-0.2, -0.15) is 0 Å². The Bertz CT molecular complexity index is 381. The number of alkyl halides is 2. The molecular weight excluding hydrogens is 335 g/mol. The summed E-state index contributed by atoms with van der Waals surface area (Å²) < 4.78 is 26.2. The van der Waals surface area contributed by atoms with Gasteiger partial charge in [0.1, 0.15) is 0 Å². The molecule has 0 spiro atoms. The lowest BCUT2D eigenvalue weighted by molar-refractivity contribution is -0.124. The molecule has 2 saturated heterocycles. The van der Waals surface area contributed by atoms with E-state index in [-0.39, 0.29) is 49.7 Å². The molecule has 2 unspecified atom stereocenters. The second-order valence-electron chi connectivity index (χ2n) is 6.42. The average Bonchev–Trinajstić information content (AvgIpc) is 3.07. The molecule has 2 atom stereocenters. The highest BCUT2D eigenvalue weighted by atomic mass is 35.5. The quantitative estimate of drug-likeness (QED) is 0.809. The minimum absolute atomic E-state index is 0. The summed E-state index contributed by atoms with van der Waals surface area (Å²) in [5.41, 5.74) is 0. The molecule has 0 radical (unpaired) electrons. The lowest BCUT2D eigenvalue weighted by atomic mass is 10.1. The molecule has 22 heavy (non-hydrogen) atoms. The van der Waals surface area contributed by atoms with Crippen LogP contribution in [0.3, 0.4) is 0 Å². The molecule has 2 N–H and O–H groups in total. The first-order chi connectivity index (χ1) is 9.53. The molecular formula is C14H25Cl2F2N3O. The third kappa shape index (κ3) is 4.66. The molecule has 1 amide bonds. The lowest BCUT2D eigenvalue weighted by Crippen LogP contribution is -2.46. The van der Waals surface area contributed by atoms with Crippen LogP contribution in [0.25, 0.3) is 0 Å². The highest BCUT2D eigenvalue weighted by Gasteiger charge is 2.43. The fraction of sp³-hybridized carbons (Fsp3) is 0.929. The Balaban J connectivity index is 0.00000121. The Hall–Kier alpha value is -0.170. The second-order valence-corrected chi connectivity index (χ2v) is 6.42. The van der Waals surface area contributed by atoms with Crippen molar-refractivity contribution in [3.05, 3.63) is 0 Å². The first-order valence-corrected chi connectivity index (χ1v) is 7.69. The fourth-order valence-electron chi connectivity index (χ4n) is 3.71. The zero-order valence-corrected chi connectivity index (χ0v) is 14.2. The van der Waals surface area contributed by atoms with Crippen LogP contribution < -0.4 is 10.6 Å². The molecule has 2 heterocycles. The van der Waals surface area contributed by atoms with Crippen LogP contribution in [-0.2, 0) is 4.79 Å². The molecule has 2 aliphatic heterocycles. The number of likely N-dealkylation sites (tertiary alicyclic amines) is 1. The minimum Gasteiger partial charge on any atom is -0.351 e. The summed E-state index contributed by atoms with van der Waals surface area (Å²) in [6, 6.07) is 0.0653. The third-order valence-corrected chi connectivity index (χ3v) is 4.83. The zero-order chi connectivity index (χ0) is 14.2. The number of hydrogen-bond donors (Lipinski definition) is 2. The Labute approximate surface area is 142 Å².